The van der Waals surface area contributed by atoms with Crippen molar-refractivity contribution >= 4 is 11.6 Å². The molecule has 0 atom stereocenters. The summed E-state index contributed by atoms with van der Waals surface area (Å²) in [5, 5.41) is 3.91. The highest BCUT2D eigenvalue weighted by Gasteiger charge is 2.07. The van der Waals surface area contributed by atoms with Gasteiger partial charge in [0.15, 0.2) is 11.5 Å². The molecule has 142 valence electrons. The molecule has 0 fully saturated rings. The Balaban J connectivity index is 0.00000261. The predicted octanol–water partition coefficient (Wildman–Crippen LogP) is 1.62. The fraction of sp³-hybridized carbons (Fsp3) is 0.190. The van der Waals surface area contributed by atoms with Crippen molar-refractivity contribution in [3.05, 3.63) is 88.7 Å². The van der Waals surface area contributed by atoms with Gasteiger partial charge in [-0.15, -0.1) is 0 Å². The SMILES string of the molecule is COc1cc(CNCc2ccccc2)ccc1OCc1ccc(Cl)nc1.[Cl-]. The molecule has 0 aliphatic heterocycles. The van der Waals surface area contributed by atoms with Gasteiger partial charge in [-0.1, -0.05) is 54.1 Å². The number of nitrogens with one attached hydrogen (secondary N) is 1. The number of hydrogen-bond acceptors (Lipinski definition) is 4. The first-order chi connectivity index (χ1) is 12.7. The Morgan fingerprint density at radius 2 is 1.63 bits per heavy atom. The zero-order chi connectivity index (χ0) is 18.2. The molecule has 0 unspecified atom stereocenters. The number of halogens is 2. The smallest absolute Gasteiger partial charge is 0.161 e. The van der Waals surface area contributed by atoms with Crippen molar-refractivity contribution in [3.8, 4) is 11.5 Å². The van der Waals surface area contributed by atoms with Crippen LogP contribution in [0.3, 0.4) is 0 Å². The van der Waals surface area contributed by atoms with Crippen molar-refractivity contribution < 1.29 is 21.9 Å². The normalized spacial score (nSPS) is 10.1. The van der Waals surface area contributed by atoms with Crippen LogP contribution < -0.4 is 27.2 Å². The molecule has 0 aliphatic carbocycles. The van der Waals surface area contributed by atoms with E-state index < -0.39 is 0 Å². The van der Waals surface area contributed by atoms with Gasteiger partial charge in [0.2, 0.25) is 0 Å². The van der Waals surface area contributed by atoms with E-state index in [1.165, 1.54) is 5.56 Å². The minimum absolute atomic E-state index is 0. The highest BCUT2D eigenvalue weighted by molar-refractivity contribution is 6.29. The minimum Gasteiger partial charge on any atom is -1.00 e. The molecule has 1 aromatic heterocycles. The molecule has 0 radical (unpaired) electrons. The average Bonchev–Trinajstić information content (AvgIpc) is 2.69. The molecule has 1 heterocycles. The van der Waals surface area contributed by atoms with E-state index in [0.29, 0.717) is 23.3 Å². The summed E-state index contributed by atoms with van der Waals surface area (Å²) in [7, 11) is 1.65. The number of benzene rings is 2. The van der Waals surface area contributed by atoms with Gasteiger partial charge < -0.3 is 27.2 Å². The van der Waals surface area contributed by atoms with E-state index in [4.69, 9.17) is 21.1 Å². The topological polar surface area (TPSA) is 43.4 Å². The maximum absolute atomic E-state index is 5.85. The van der Waals surface area contributed by atoms with E-state index >= 15 is 0 Å². The van der Waals surface area contributed by atoms with Gasteiger partial charge in [-0.05, 0) is 29.3 Å². The first-order valence-corrected chi connectivity index (χ1v) is 8.77. The van der Waals surface area contributed by atoms with Gasteiger partial charge in [-0.25, -0.2) is 4.98 Å². The van der Waals surface area contributed by atoms with E-state index in [0.717, 1.165) is 24.2 Å². The molecule has 0 saturated carbocycles. The number of aromatic nitrogens is 1. The standard InChI is InChI=1S/C21H21ClN2O2.ClH/c1-25-20-11-17(13-23-12-16-5-3-2-4-6-16)7-9-19(20)26-15-18-8-10-21(22)24-14-18;/h2-11,14,23H,12-13,15H2,1H3;1H/p-1. The molecular weight excluding hydrogens is 383 g/mol. The summed E-state index contributed by atoms with van der Waals surface area (Å²) in [6.07, 6.45) is 1.71. The zero-order valence-electron chi connectivity index (χ0n) is 15.0. The van der Waals surface area contributed by atoms with Crippen molar-refractivity contribution in [3.63, 3.8) is 0 Å². The zero-order valence-corrected chi connectivity index (χ0v) is 16.5. The first kappa shape index (κ1) is 21.0. The molecule has 0 spiro atoms. The summed E-state index contributed by atoms with van der Waals surface area (Å²) < 4.78 is 11.3. The largest absolute Gasteiger partial charge is 1.00 e. The summed E-state index contributed by atoms with van der Waals surface area (Å²) >= 11 is 5.80. The molecule has 0 saturated heterocycles. The van der Waals surface area contributed by atoms with Gasteiger partial charge >= 0.3 is 0 Å². The maximum Gasteiger partial charge on any atom is 0.161 e. The molecule has 3 rings (SSSR count). The molecule has 2 aromatic carbocycles. The minimum atomic E-state index is 0. The predicted molar refractivity (Wildman–Crippen MR) is 104 cm³/mol. The van der Waals surface area contributed by atoms with Gasteiger partial charge in [-0.3, -0.25) is 0 Å². The van der Waals surface area contributed by atoms with E-state index in [9.17, 15) is 0 Å². The number of methoxy groups -OCH3 is 1. The molecular formula is C21H21Cl2N2O2-. The highest BCUT2D eigenvalue weighted by atomic mass is 35.5. The number of nitrogens with zero attached hydrogens (tertiary/aromatic N) is 1. The second-order valence-corrected chi connectivity index (χ2v) is 6.24. The quantitative estimate of drug-likeness (QED) is 0.580. The Labute approximate surface area is 170 Å². The Morgan fingerprint density at radius 3 is 2.33 bits per heavy atom. The number of pyridine rings is 1. The lowest BCUT2D eigenvalue weighted by atomic mass is 10.2. The van der Waals surface area contributed by atoms with Crippen molar-refractivity contribution in [2.75, 3.05) is 7.11 Å². The van der Waals surface area contributed by atoms with Gasteiger partial charge in [0.05, 0.1) is 7.11 Å². The molecule has 27 heavy (non-hydrogen) atoms. The molecule has 3 aromatic rings. The third kappa shape index (κ3) is 6.43. The van der Waals surface area contributed by atoms with Gasteiger partial charge in [0.1, 0.15) is 11.8 Å². The summed E-state index contributed by atoms with van der Waals surface area (Å²) in [5.41, 5.74) is 3.35. The molecule has 1 N–H and O–H groups in total. The van der Waals surface area contributed by atoms with E-state index in [1.54, 1.807) is 19.4 Å². The van der Waals surface area contributed by atoms with Crippen LogP contribution >= 0.6 is 11.6 Å². The van der Waals surface area contributed by atoms with Crippen LogP contribution in [0.2, 0.25) is 5.15 Å². The third-order valence-electron chi connectivity index (χ3n) is 3.91. The number of rotatable bonds is 8. The number of ether oxygens (including phenoxy) is 2. The Kier molecular flexibility index (Phi) is 8.40. The Bertz CT molecular complexity index is 827. The van der Waals surface area contributed by atoms with Crippen LogP contribution in [0.1, 0.15) is 16.7 Å². The molecule has 6 heteroatoms. The van der Waals surface area contributed by atoms with Crippen molar-refractivity contribution in [1.29, 1.82) is 0 Å². The summed E-state index contributed by atoms with van der Waals surface area (Å²) in [6, 6.07) is 19.9. The van der Waals surface area contributed by atoms with Crippen LogP contribution in [-0.4, -0.2) is 12.1 Å². The van der Waals surface area contributed by atoms with Crippen LogP contribution in [0.4, 0.5) is 0 Å². The van der Waals surface area contributed by atoms with Crippen LogP contribution in [0.25, 0.3) is 0 Å². The summed E-state index contributed by atoms with van der Waals surface area (Å²) in [5.74, 6) is 1.42. The van der Waals surface area contributed by atoms with Gasteiger partial charge in [-0.2, -0.15) is 0 Å². The lowest BCUT2D eigenvalue weighted by Gasteiger charge is -2.13. The molecule has 4 nitrogen and oxygen atoms in total. The van der Waals surface area contributed by atoms with Crippen molar-refractivity contribution in [1.82, 2.24) is 10.3 Å². The average molecular weight is 404 g/mol. The van der Waals surface area contributed by atoms with Gasteiger partial charge in [0.25, 0.3) is 0 Å². The van der Waals surface area contributed by atoms with E-state index in [2.05, 4.69) is 22.4 Å². The summed E-state index contributed by atoms with van der Waals surface area (Å²) in [4.78, 5) is 4.05. The fourth-order valence-corrected chi connectivity index (χ4v) is 2.65. The Morgan fingerprint density at radius 1 is 0.889 bits per heavy atom. The van der Waals surface area contributed by atoms with Crippen LogP contribution in [0, 0.1) is 0 Å². The monoisotopic (exact) mass is 403 g/mol. The molecule has 0 bridgehead atoms. The van der Waals surface area contributed by atoms with Crippen LogP contribution in [0.5, 0.6) is 11.5 Å². The van der Waals surface area contributed by atoms with Crippen LogP contribution in [-0.2, 0) is 19.7 Å². The number of hydrogen-bond donors (Lipinski definition) is 1. The molecule has 0 amide bonds. The van der Waals surface area contributed by atoms with Crippen molar-refractivity contribution in [2.24, 2.45) is 0 Å². The molecule has 0 aliphatic rings. The van der Waals surface area contributed by atoms with Crippen LogP contribution in [0.15, 0.2) is 66.9 Å². The first-order valence-electron chi connectivity index (χ1n) is 8.39. The second-order valence-electron chi connectivity index (χ2n) is 5.85. The Hall–Kier alpha value is -2.27. The summed E-state index contributed by atoms with van der Waals surface area (Å²) in [6.45, 7) is 1.99. The van der Waals surface area contributed by atoms with Gasteiger partial charge in [0, 0.05) is 24.8 Å². The second kappa shape index (κ2) is 10.8. The maximum atomic E-state index is 5.85. The van der Waals surface area contributed by atoms with E-state index in [-0.39, 0.29) is 12.4 Å². The lowest BCUT2D eigenvalue weighted by molar-refractivity contribution is -0.00000582. The van der Waals surface area contributed by atoms with E-state index in [1.807, 2.05) is 42.5 Å². The fourth-order valence-electron chi connectivity index (χ4n) is 2.54. The van der Waals surface area contributed by atoms with Crippen molar-refractivity contribution in [2.45, 2.75) is 19.7 Å². The lowest BCUT2D eigenvalue weighted by Crippen LogP contribution is -3.00. The highest BCUT2D eigenvalue weighted by Crippen LogP contribution is 2.29. The third-order valence-corrected chi connectivity index (χ3v) is 4.14.